The molecule has 5 nitrogen and oxygen atoms in total. The number of carbonyl (C=O) groups excluding carboxylic acids is 1. The molecule has 0 fully saturated rings. The van der Waals surface area contributed by atoms with Gasteiger partial charge in [-0.25, -0.2) is 4.79 Å². The summed E-state index contributed by atoms with van der Waals surface area (Å²) in [5, 5.41) is 11.7. The van der Waals surface area contributed by atoms with Crippen LogP contribution >= 0.6 is 11.8 Å². The molecule has 250 valence electrons. The summed E-state index contributed by atoms with van der Waals surface area (Å²) in [6.45, 7) is 1.96. The number of aliphatic carboxylic acids is 1. The van der Waals surface area contributed by atoms with Gasteiger partial charge in [-0.2, -0.15) is 77.6 Å². The molecule has 1 atom stereocenters. The van der Waals surface area contributed by atoms with Crippen molar-refractivity contribution >= 4 is 23.5 Å². The normalized spacial score (nSPS) is 15.6. The average Bonchev–Trinajstić information content (AvgIpc) is 2.78. The predicted octanol–water partition coefficient (Wildman–Crippen LogP) is 5.83. The third-order valence-corrected chi connectivity index (χ3v) is 6.86. The van der Waals surface area contributed by atoms with Crippen molar-refractivity contribution in [2.45, 2.75) is 61.5 Å². The fourth-order valence-electron chi connectivity index (χ4n) is 3.18. The highest BCUT2D eigenvalue weighted by atomic mass is 32.2. The largest absolute Gasteiger partial charge is 0.477 e. The van der Waals surface area contributed by atoms with E-state index in [1.807, 2.05) is 0 Å². The van der Waals surface area contributed by atoms with E-state index in [1.54, 1.807) is 14.1 Å². The van der Waals surface area contributed by atoms with Crippen LogP contribution in [0.25, 0.3) is 0 Å². The van der Waals surface area contributed by atoms with E-state index < -0.39 is 77.3 Å². The van der Waals surface area contributed by atoms with Gasteiger partial charge in [-0.3, -0.25) is 4.79 Å². The van der Waals surface area contributed by atoms with E-state index >= 15 is 0 Å². The summed E-state index contributed by atoms with van der Waals surface area (Å²) in [6, 6.07) is 0. The Hall–Kier alpha value is -1.64. The molecule has 21 heteroatoms. The van der Waals surface area contributed by atoms with E-state index in [4.69, 9.17) is 5.11 Å². The minimum absolute atomic E-state index is 0.0120. The average molecular weight is 674 g/mol. The summed E-state index contributed by atoms with van der Waals surface area (Å²) >= 11 is 0.119. The molecule has 0 bridgehead atoms. The van der Waals surface area contributed by atoms with E-state index in [1.165, 1.54) is 6.92 Å². The van der Waals surface area contributed by atoms with Gasteiger partial charge in [-0.15, -0.1) is 0 Å². The standard InChI is InChI=1S/C21H27F15N2O3S/c1-12(9-37-6-4-7-38(2,3)10-14(40)41)13(39)11-42-8-5-15(22,23)16(24,25)17(26,27)18(28,29)19(30,31)20(32,33)21(34,35)36/h12,37H,4-11H2,1-3H3/p+1. The number of hydrogen-bond acceptors (Lipinski definition) is 4. The number of quaternary nitrogens is 1. The van der Waals surface area contributed by atoms with E-state index in [0.717, 1.165) is 0 Å². The Balaban J connectivity index is 5.14. The molecular formula is C21H28F15N2O3S+. The Kier molecular flexibility index (Phi) is 13.0. The van der Waals surface area contributed by atoms with Crippen LogP contribution < -0.4 is 5.32 Å². The molecular weight excluding hydrogens is 645 g/mol. The number of carbonyl (C=O) groups is 2. The van der Waals surface area contributed by atoms with Gasteiger partial charge in [-0.1, -0.05) is 6.92 Å². The van der Waals surface area contributed by atoms with Crippen molar-refractivity contribution in [2.24, 2.45) is 5.92 Å². The molecule has 0 aliphatic rings. The molecule has 0 saturated heterocycles. The molecule has 0 spiro atoms. The number of hydrogen-bond donors (Lipinski definition) is 2. The Morgan fingerprint density at radius 1 is 0.786 bits per heavy atom. The number of rotatable bonds is 19. The molecule has 0 heterocycles. The summed E-state index contributed by atoms with van der Waals surface area (Å²) in [5.41, 5.74) is 0. The van der Waals surface area contributed by atoms with Gasteiger partial charge < -0.3 is 14.9 Å². The van der Waals surface area contributed by atoms with Crippen molar-refractivity contribution < 1.29 is 85.0 Å². The zero-order valence-corrected chi connectivity index (χ0v) is 22.8. The first kappa shape index (κ1) is 40.4. The van der Waals surface area contributed by atoms with Crippen LogP contribution in [-0.2, 0) is 9.59 Å². The van der Waals surface area contributed by atoms with Gasteiger partial charge >= 0.3 is 47.7 Å². The molecule has 42 heavy (non-hydrogen) atoms. The molecule has 0 amide bonds. The second kappa shape index (κ2) is 13.6. The number of alkyl halides is 15. The fourth-order valence-corrected chi connectivity index (χ4v) is 4.21. The predicted molar refractivity (Wildman–Crippen MR) is 119 cm³/mol. The zero-order valence-electron chi connectivity index (χ0n) is 22.0. The highest BCUT2D eigenvalue weighted by Gasteiger charge is 2.93. The smallest absolute Gasteiger partial charge is 0.460 e. The first-order valence-corrected chi connectivity index (χ1v) is 12.8. The van der Waals surface area contributed by atoms with Gasteiger partial charge in [0.25, 0.3) is 0 Å². The number of likely N-dealkylation sites (N-methyl/N-ethyl adjacent to an activating group) is 1. The summed E-state index contributed by atoms with van der Waals surface area (Å²) in [7, 11) is 3.32. The molecule has 0 rings (SSSR count). The van der Waals surface area contributed by atoms with Gasteiger partial charge in [0.05, 0.1) is 26.4 Å². The number of thioether (sulfide) groups is 1. The van der Waals surface area contributed by atoms with Gasteiger partial charge in [0.1, 0.15) is 5.78 Å². The third-order valence-electron chi connectivity index (χ3n) is 5.88. The maximum atomic E-state index is 13.9. The van der Waals surface area contributed by atoms with Crippen molar-refractivity contribution in [1.82, 2.24) is 5.32 Å². The summed E-state index contributed by atoms with van der Waals surface area (Å²) in [5.74, 6) is -51.2. The van der Waals surface area contributed by atoms with Crippen molar-refractivity contribution in [3.63, 3.8) is 0 Å². The van der Waals surface area contributed by atoms with Crippen LogP contribution in [0, 0.1) is 5.92 Å². The Labute approximate surface area is 233 Å². The van der Waals surface area contributed by atoms with E-state index in [0.29, 0.717) is 19.5 Å². The lowest BCUT2D eigenvalue weighted by Crippen LogP contribution is -2.72. The summed E-state index contributed by atoms with van der Waals surface area (Å²) in [6.07, 6.45) is -9.66. The second-order valence-corrected chi connectivity index (χ2v) is 11.1. The number of carboxylic acid groups (broad SMARTS) is 1. The van der Waals surface area contributed by atoms with Crippen LogP contribution in [0.15, 0.2) is 0 Å². The highest BCUT2D eigenvalue weighted by Crippen LogP contribution is 2.62. The Bertz CT molecular complexity index is 927. The summed E-state index contributed by atoms with van der Waals surface area (Å²) in [4.78, 5) is 22.8. The minimum atomic E-state index is -8.32. The van der Waals surface area contributed by atoms with Crippen LogP contribution in [0.5, 0.6) is 0 Å². The van der Waals surface area contributed by atoms with Crippen LogP contribution in [0.2, 0.25) is 0 Å². The number of nitrogens with zero attached hydrogens (tertiary/aromatic N) is 1. The Morgan fingerprint density at radius 2 is 1.24 bits per heavy atom. The van der Waals surface area contributed by atoms with Crippen molar-refractivity contribution in [3.8, 4) is 0 Å². The second-order valence-electron chi connectivity index (χ2n) is 10.0. The number of ketones is 1. The molecule has 0 saturated carbocycles. The number of carboxylic acids is 1. The molecule has 0 aliphatic heterocycles. The fraction of sp³-hybridized carbons (Fsp3) is 0.905. The van der Waals surface area contributed by atoms with E-state index in [-0.39, 0.29) is 29.3 Å². The Morgan fingerprint density at radius 3 is 1.69 bits per heavy atom. The van der Waals surface area contributed by atoms with Crippen LogP contribution in [0.4, 0.5) is 65.9 Å². The van der Waals surface area contributed by atoms with Crippen LogP contribution in [0.1, 0.15) is 19.8 Å². The van der Waals surface area contributed by atoms with Gasteiger partial charge in [0.15, 0.2) is 6.54 Å². The number of halogens is 15. The minimum Gasteiger partial charge on any atom is -0.477 e. The maximum Gasteiger partial charge on any atom is 0.460 e. The lowest BCUT2D eigenvalue weighted by Gasteiger charge is -2.41. The molecule has 0 aromatic heterocycles. The zero-order chi connectivity index (χ0) is 33.8. The molecule has 1 unspecified atom stereocenters. The first-order valence-electron chi connectivity index (χ1n) is 11.6. The number of nitrogens with one attached hydrogen (secondary N) is 1. The lowest BCUT2D eigenvalue weighted by molar-refractivity contribution is -0.883. The van der Waals surface area contributed by atoms with Crippen LogP contribution in [0.3, 0.4) is 0 Å². The van der Waals surface area contributed by atoms with Crippen molar-refractivity contribution in [1.29, 1.82) is 0 Å². The topological polar surface area (TPSA) is 66.4 Å². The lowest BCUT2D eigenvalue weighted by atomic mass is 9.90. The van der Waals surface area contributed by atoms with Gasteiger partial charge in [0.2, 0.25) is 0 Å². The van der Waals surface area contributed by atoms with E-state index in [9.17, 15) is 75.4 Å². The molecule has 0 radical (unpaired) electrons. The van der Waals surface area contributed by atoms with Gasteiger partial charge in [0, 0.05) is 31.8 Å². The number of Topliss-reactive ketones (excluding diaryl/α,β-unsaturated/α-hetero) is 1. The van der Waals surface area contributed by atoms with Crippen LogP contribution in [-0.4, -0.2) is 115 Å². The molecule has 2 N–H and O–H groups in total. The summed E-state index contributed by atoms with van der Waals surface area (Å²) < 4.78 is 198. The third kappa shape index (κ3) is 8.72. The molecule has 0 aromatic rings. The maximum absolute atomic E-state index is 13.9. The monoisotopic (exact) mass is 673 g/mol. The first-order chi connectivity index (χ1) is 18.4. The highest BCUT2D eigenvalue weighted by molar-refractivity contribution is 7.99. The quantitative estimate of drug-likeness (QED) is 0.103. The molecule has 0 aliphatic carbocycles. The van der Waals surface area contributed by atoms with E-state index in [2.05, 4.69) is 5.32 Å². The van der Waals surface area contributed by atoms with Crippen molar-refractivity contribution in [2.75, 3.05) is 51.8 Å². The van der Waals surface area contributed by atoms with Crippen molar-refractivity contribution in [3.05, 3.63) is 0 Å². The SMILES string of the molecule is CC(CNCCC[N+](C)(C)CC(=O)O)C(=O)CSCCC(F)(F)C(F)(F)C(F)(F)C(F)(F)C(F)(F)C(F)(F)C(F)(F)F. The van der Waals surface area contributed by atoms with Gasteiger partial charge in [-0.05, 0) is 5.75 Å². The molecule has 0 aromatic carbocycles.